The van der Waals surface area contributed by atoms with Gasteiger partial charge >= 0.3 is 0 Å². The summed E-state index contributed by atoms with van der Waals surface area (Å²) < 4.78 is 5.81. The van der Waals surface area contributed by atoms with Crippen molar-refractivity contribution < 1.29 is 4.74 Å². The molecule has 158 valence electrons. The first-order valence-corrected chi connectivity index (χ1v) is 10.1. The number of aliphatic imine (C=N–C) groups is 1. The molecule has 29 heavy (non-hydrogen) atoms. The van der Waals surface area contributed by atoms with Crippen molar-refractivity contribution in [2.75, 3.05) is 26.7 Å². The van der Waals surface area contributed by atoms with E-state index in [1.807, 2.05) is 49.5 Å². The number of guanidine groups is 1. The lowest BCUT2D eigenvalue weighted by Gasteiger charge is -2.24. The van der Waals surface area contributed by atoms with Crippen LogP contribution >= 0.6 is 24.0 Å². The number of rotatable bonds is 8. The fourth-order valence-electron chi connectivity index (χ4n) is 3.53. The van der Waals surface area contributed by atoms with Crippen LogP contribution in [0.2, 0.25) is 0 Å². The van der Waals surface area contributed by atoms with Gasteiger partial charge in [-0.1, -0.05) is 37.3 Å². The van der Waals surface area contributed by atoms with Crippen LogP contribution in [0.5, 0.6) is 5.88 Å². The van der Waals surface area contributed by atoms with Crippen molar-refractivity contribution in [2.45, 2.75) is 39.0 Å². The molecule has 1 aliphatic rings. The molecule has 2 heterocycles. The predicted octanol–water partition coefficient (Wildman–Crippen LogP) is 3.43. The number of halogens is 1. The molecule has 1 atom stereocenters. The Morgan fingerprint density at radius 2 is 2.03 bits per heavy atom. The third kappa shape index (κ3) is 7.47. The molecular formula is C22H32IN5O. The second kappa shape index (κ2) is 12.6. The highest BCUT2D eigenvalue weighted by molar-refractivity contribution is 14.0. The minimum Gasteiger partial charge on any atom is -0.473 e. The Bertz CT molecular complexity index is 756. The maximum absolute atomic E-state index is 5.81. The molecule has 1 fully saturated rings. The van der Waals surface area contributed by atoms with Crippen LogP contribution < -0.4 is 15.4 Å². The van der Waals surface area contributed by atoms with Gasteiger partial charge in [0.2, 0.25) is 5.88 Å². The quantitative estimate of drug-likeness (QED) is 0.325. The first-order chi connectivity index (χ1) is 13.8. The third-order valence-corrected chi connectivity index (χ3v) is 5.12. The van der Waals surface area contributed by atoms with Crippen molar-refractivity contribution in [3.63, 3.8) is 0 Å². The van der Waals surface area contributed by atoms with Gasteiger partial charge in [0.1, 0.15) is 6.61 Å². The van der Waals surface area contributed by atoms with E-state index in [4.69, 9.17) is 4.74 Å². The molecule has 2 aromatic rings. The van der Waals surface area contributed by atoms with E-state index < -0.39 is 0 Å². The number of nitrogens with zero attached hydrogens (tertiary/aromatic N) is 3. The van der Waals surface area contributed by atoms with E-state index in [1.54, 1.807) is 6.20 Å². The normalized spacial score (nSPS) is 16.9. The van der Waals surface area contributed by atoms with Gasteiger partial charge in [-0.2, -0.15) is 0 Å². The molecule has 7 heteroatoms. The highest BCUT2D eigenvalue weighted by atomic mass is 127. The molecule has 1 unspecified atom stereocenters. The molecule has 6 nitrogen and oxygen atoms in total. The maximum atomic E-state index is 5.81. The van der Waals surface area contributed by atoms with Crippen molar-refractivity contribution in [3.8, 4) is 5.88 Å². The molecule has 0 saturated carbocycles. The van der Waals surface area contributed by atoms with E-state index in [-0.39, 0.29) is 24.0 Å². The zero-order chi connectivity index (χ0) is 19.6. The summed E-state index contributed by atoms with van der Waals surface area (Å²) in [4.78, 5) is 11.2. The van der Waals surface area contributed by atoms with Gasteiger partial charge in [0.05, 0.1) is 0 Å². The van der Waals surface area contributed by atoms with Crippen LogP contribution in [0.25, 0.3) is 0 Å². The van der Waals surface area contributed by atoms with Crippen LogP contribution in [0.4, 0.5) is 0 Å². The Balaban J connectivity index is 0.00000300. The van der Waals surface area contributed by atoms with Crippen LogP contribution in [0.15, 0.2) is 53.7 Å². The average molecular weight is 509 g/mol. The molecule has 0 spiro atoms. The number of hydrogen-bond donors (Lipinski definition) is 2. The van der Waals surface area contributed by atoms with Crippen LogP contribution in [0.1, 0.15) is 30.9 Å². The SMILES string of the molecule is CCN1CCCC1CNC(=NC)NCc1ccnc(OCc2ccccc2)c1.I. The highest BCUT2D eigenvalue weighted by Gasteiger charge is 2.22. The van der Waals surface area contributed by atoms with Crippen molar-refractivity contribution >= 4 is 29.9 Å². The highest BCUT2D eigenvalue weighted by Crippen LogP contribution is 2.15. The van der Waals surface area contributed by atoms with E-state index in [0.717, 1.165) is 30.2 Å². The summed E-state index contributed by atoms with van der Waals surface area (Å²) in [5, 5.41) is 6.84. The Kier molecular flexibility index (Phi) is 10.2. The fourth-order valence-corrected chi connectivity index (χ4v) is 3.53. The summed E-state index contributed by atoms with van der Waals surface area (Å²) in [6, 6.07) is 14.7. The Labute approximate surface area is 191 Å². The Morgan fingerprint density at radius 3 is 2.79 bits per heavy atom. The fraction of sp³-hybridized carbons (Fsp3) is 0.455. The predicted molar refractivity (Wildman–Crippen MR) is 129 cm³/mol. The van der Waals surface area contributed by atoms with Gasteiger partial charge in [0.15, 0.2) is 5.96 Å². The van der Waals surface area contributed by atoms with E-state index >= 15 is 0 Å². The standard InChI is InChI=1S/C22H31N5O.HI/c1-3-27-13-7-10-20(27)16-26-22(23-2)25-15-19-11-12-24-21(14-19)28-17-18-8-5-4-6-9-18;/h4-6,8-9,11-12,14,20H,3,7,10,13,15-17H2,1-2H3,(H2,23,25,26);1H. The van der Waals surface area contributed by atoms with Gasteiger partial charge in [-0.05, 0) is 43.1 Å². The number of ether oxygens (including phenoxy) is 1. The topological polar surface area (TPSA) is 61.8 Å². The number of nitrogens with one attached hydrogen (secondary N) is 2. The van der Waals surface area contributed by atoms with Gasteiger partial charge in [0, 0.05) is 38.4 Å². The molecule has 0 aliphatic carbocycles. The summed E-state index contributed by atoms with van der Waals surface area (Å²) in [6.45, 7) is 6.66. The van der Waals surface area contributed by atoms with Gasteiger partial charge < -0.3 is 15.4 Å². The Hall–Kier alpha value is -1.87. The lowest BCUT2D eigenvalue weighted by Crippen LogP contribution is -2.44. The molecule has 1 saturated heterocycles. The molecule has 1 aromatic heterocycles. The summed E-state index contributed by atoms with van der Waals surface area (Å²) in [7, 11) is 1.81. The van der Waals surface area contributed by atoms with E-state index in [2.05, 4.69) is 32.4 Å². The number of likely N-dealkylation sites (tertiary alicyclic amines) is 1. The molecule has 1 aromatic carbocycles. The number of pyridine rings is 1. The van der Waals surface area contributed by atoms with Gasteiger partial charge in [-0.15, -0.1) is 24.0 Å². The smallest absolute Gasteiger partial charge is 0.213 e. The first kappa shape index (κ1) is 23.4. The largest absolute Gasteiger partial charge is 0.473 e. The van der Waals surface area contributed by atoms with Gasteiger partial charge in [-0.25, -0.2) is 4.98 Å². The molecule has 3 rings (SSSR count). The summed E-state index contributed by atoms with van der Waals surface area (Å²) in [5.41, 5.74) is 2.24. The minimum atomic E-state index is 0. The van der Waals surface area contributed by atoms with Crippen molar-refractivity contribution in [3.05, 3.63) is 59.8 Å². The average Bonchev–Trinajstić information content (AvgIpc) is 3.21. The summed E-state index contributed by atoms with van der Waals surface area (Å²) in [6.07, 6.45) is 4.32. The van der Waals surface area contributed by atoms with Crippen LogP contribution in [0.3, 0.4) is 0 Å². The zero-order valence-corrected chi connectivity index (χ0v) is 19.6. The van der Waals surface area contributed by atoms with Gasteiger partial charge in [-0.3, -0.25) is 9.89 Å². The first-order valence-electron chi connectivity index (χ1n) is 10.1. The van der Waals surface area contributed by atoms with Crippen molar-refractivity contribution in [2.24, 2.45) is 4.99 Å². The number of aromatic nitrogens is 1. The monoisotopic (exact) mass is 509 g/mol. The van der Waals surface area contributed by atoms with Gasteiger partial charge in [0.25, 0.3) is 0 Å². The second-order valence-corrected chi connectivity index (χ2v) is 7.01. The maximum Gasteiger partial charge on any atom is 0.213 e. The molecule has 2 N–H and O–H groups in total. The van der Waals surface area contributed by atoms with Crippen LogP contribution in [-0.4, -0.2) is 48.6 Å². The van der Waals surface area contributed by atoms with E-state index in [1.165, 1.54) is 19.4 Å². The lowest BCUT2D eigenvalue weighted by molar-refractivity contribution is 0.267. The van der Waals surface area contributed by atoms with Crippen molar-refractivity contribution in [1.29, 1.82) is 0 Å². The molecule has 0 radical (unpaired) electrons. The minimum absolute atomic E-state index is 0. The van der Waals surface area contributed by atoms with Crippen LogP contribution in [-0.2, 0) is 13.2 Å². The van der Waals surface area contributed by atoms with Crippen LogP contribution in [0, 0.1) is 0 Å². The lowest BCUT2D eigenvalue weighted by atomic mass is 10.2. The Morgan fingerprint density at radius 1 is 1.21 bits per heavy atom. The zero-order valence-electron chi connectivity index (χ0n) is 17.3. The molecular weight excluding hydrogens is 477 g/mol. The number of likely N-dealkylation sites (N-methyl/N-ethyl adjacent to an activating group) is 1. The van der Waals surface area contributed by atoms with Crippen molar-refractivity contribution in [1.82, 2.24) is 20.5 Å². The second-order valence-electron chi connectivity index (χ2n) is 7.01. The molecule has 0 amide bonds. The third-order valence-electron chi connectivity index (χ3n) is 5.12. The summed E-state index contributed by atoms with van der Waals surface area (Å²) >= 11 is 0. The number of benzene rings is 1. The van der Waals surface area contributed by atoms with E-state index in [0.29, 0.717) is 25.1 Å². The molecule has 0 bridgehead atoms. The van der Waals surface area contributed by atoms with E-state index in [9.17, 15) is 0 Å². The molecule has 1 aliphatic heterocycles. The summed E-state index contributed by atoms with van der Waals surface area (Å²) in [5.74, 6) is 1.46. The number of hydrogen-bond acceptors (Lipinski definition) is 4.